The van der Waals surface area contributed by atoms with Gasteiger partial charge in [-0.2, -0.15) is 0 Å². The molecule has 0 aromatic rings. The molecule has 1 heterocycles. The molecule has 1 aliphatic heterocycles. The third kappa shape index (κ3) is 3.74. The van der Waals surface area contributed by atoms with Crippen LogP contribution in [0.4, 0.5) is 0 Å². The van der Waals surface area contributed by atoms with E-state index in [-0.39, 0.29) is 0 Å². The molecule has 0 radical (unpaired) electrons. The fourth-order valence-corrected chi connectivity index (χ4v) is 2.27. The molecule has 3 heteroatoms. The van der Waals surface area contributed by atoms with Crippen molar-refractivity contribution in [2.75, 3.05) is 26.7 Å². The van der Waals surface area contributed by atoms with E-state index >= 15 is 0 Å². The minimum absolute atomic E-state index is 0.400. The zero-order valence-electron chi connectivity index (χ0n) is 10.6. The second kappa shape index (κ2) is 6.46. The Bertz CT molecular complexity index is 175. The first-order valence-electron chi connectivity index (χ1n) is 6.21. The van der Waals surface area contributed by atoms with Crippen molar-refractivity contribution in [2.24, 2.45) is 0 Å². The van der Waals surface area contributed by atoms with Gasteiger partial charge in [0.25, 0.3) is 0 Å². The molecule has 0 amide bonds. The summed E-state index contributed by atoms with van der Waals surface area (Å²) in [5.74, 6) is 0. The zero-order chi connectivity index (χ0) is 11.3. The molecule has 3 atom stereocenters. The maximum Gasteiger partial charge on any atom is 0.0703 e. The molecule has 3 nitrogen and oxygen atoms in total. The van der Waals surface area contributed by atoms with Gasteiger partial charge in [-0.25, -0.2) is 0 Å². The van der Waals surface area contributed by atoms with E-state index in [4.69, 9.17) is 4.74 Å². The summed E-state index contributed by atoms with van der Waals surface area (Å²) in [5.41, 5.74) is 0. The molecule has 0 saturated carbocycles. The summed E-state index contributed by atoms with van der Waals surface area (Å²) >= 11 is 0. The summed E-state index contributed by atoms with van der Waals surface area (Å²) in [6.07, 6.45) is 2.80. The summed E-state index contributed by atoms with van der Waals surface area (Å²) in [4.78, 5) is 2.48. The highest BCUT2D eigenvalue weighted by atomic mass is 16.5. The SMILES string of the molecule is CCNCCC(C)N(C)C1CCOC1C. The van der Waals surface area contributed by atoms with Crippen molar-refractivity contribution in [1.82, 2.24) is 10.2 Å². The molecule has 1 rings (SSSR count). The van der Waals surface area contributed by atoms with Crippen molar-refractivity contribution >= 4 is 0 Å². The summed E-state index contributed by atoms with van der Waals surface area (Å²) in [7, 11) is 2.23. The highest BCUT2D eigenvalue weighted by Gasteiger charge is 2.29. The van der Waals surface area contributed by atoms with Crippen LogP contribution in [0.5, 0.6) is 0 Å². The second-order valence-electron chi connectivity index (χ2n) is 4.59. The maximum absolute atomic E-state index is 5.61. The Morgan fingerprint density at radius 2 is 2.27 bits per heavy atom. The standard InChI is InChI=1S/C12H26N2O/c1-5-13-8-6-10(2)14(4)12-7-9-15-11(12)3/h10-13H,5-9H2,1-4H3. The van der Waals surface area contributed by atoms with Gasteiger partial charge in [0.1, 0.15) is 0 Å². The fraction of sp³-hybridized carbons (Fsp3) is 1.00. The van der Waals surface area contributed by atoms with E-state index in [1.165, 1.54) is 12.8 Å². The minimum Gasteiger partial charge on any atom is -0.377 e. The zero-order valence-corrected chi connectivity index (χ0v) is 10.6. The van der Waals surface area contributed by atoms with Gasteiger partial charge in [0, 0.05) is 18.7 Å². The van der Waals surface area contributed by atoms with Crippen LogP contribution in [0.3, 0.4) is 0 Å². The molecule has 1 fully saturated rings. The highest BCUT2D eigenvalue weighted by molar-refractivity contribution is 4.83. The van der Waals surface area contributed by atoms with Crippen LogP contribution in [0.2, 0.25) is 0 Å². The minimum atomic E-state index is 0.400. The lowest BCUT2D eigenvalue weighted by molar-refractivity contribution is 0.0690. The van der Waals surface area contributed by atoms with Gasteiger partial charge >= 0.3 is 0 Å². The number of nitrogens with zero attached hydrogens (tertiary/aromatic N) is 1. The van der Waals surface area contributed by atoms with Gasteiger partial charge in [-0.05, 0) is 46.8 Å². The first kappa shape index (κ1) is 12.9. The summed E-state index contributed by atoms with van der Waals surface area (Å²) in [5, 5.41) is 3.38. The predicted molar refractivity (Wildman–Crippen MR) is 64.2 cm³/mol. The third-order valence-corrected chi connectivity index (χ3v) is 3.54. The molecular weight excluding hydrogens is 188 g/mol. The quantitative estimate of drug-likeness (QED) is 0.678. The Hall–Kier alpha value is -0.120. The Kier molecular flexibility index (Phi) is 5.58. The van der Waals surface area contributed by atoms with E-state index in [1.54, 1.807) is 0 Å². The van der Waals surface area contributed by atoms with Crippen molar-refractivity contribution in [3.63, 3.8) is 0 Å². The molecule has 1 saturated heterocycles. The summed E-state index contributed by atoms with van der Waals surface area (Å²) < 4.78 is 5.61. The molecule has 1 aliphatic rings. The van der Waals surface area contributed by atoms with Crippen LogP contribution in [0.15, 0.2) is 0 Å². The Balaban J connectivity index is 2.28. The predicted octanol–water partition coefficient (Wildman–Crippen LogP) is 1.48. The molecule has 0 aromatic heterocycles. The van der Waals surface area contributed by atoms with E-state index < -0.39 is 0 Å². The average Bonchev–Trinajstić information content (AvgIpc) is 2.63. The maximum atomic E-state index is 5.61. The van der Waals surface area contributed by atoms with Crippen LogP contribution in [-0.4, -0.2) is 49.8 Å². The smallest absolute Gasteiger partial charge is 0.0703 e. The van der Waals surface area contributed by atoms with E-state index in [0.29, 0.717) is 18.2 Å². The number of nitrogens with one attached hydrogen (secondary N) is 1. The van der Waals surface area contributed by atoms with Crippen molar-refractivity contribution in [3.05, 3.63) is 0 Å². The van der Waals surface area contributed by atoms with Gasteiger partial charge in [-0.1, -0.05) is 6.92 Å². The topological polar surface area (TPSA) is 24.5 Å². The number of hydrogen-bond donors (Lipinski definition) is 1. The Labute approximate surface area is 94.2 Å². The number of rotatable bonds is 6. The van der Waals surface area contributed by atoms with Gasteiger partial charge in [-0.3, -0.25) is 4.90 Å². The monoisotopic (exact) mass is 214 g/mol. The van der Waals surface area contributed by atoms with Gasteiger partial charge in [0.2, 0.25) is 0 Å². The van der Waals surface area contributed by atoms with Crippen LogP contribution in [0, 0.1) is 0 Å². The van der Waals surface area contributed by atoms with Crippen molar-refractivity contribution in [2.45, 2.75) is 51.8 Å². The van der Waals surface area contributed by atoms with Gasteiger partial charge in [-0.15, -0.1) is 0 Å². The number of hydrogen-bond acceptors (Lipinski definition) is 3. The van der Waals surface area contributed by atoms with Crippen molar-refractivity contribution in [1.29, 1.82) is 0 Å². The molecule has 3 unspecified atom stereocenters. The fourth-order valence-electron chi connectivity index (χ4n) is 2.27. The number of ether oxygens (including phenoxy) is 1. The summed E-state index contributed by atoms with van der Waals surface area (Å²) in [6, 6.07) is 1.25. The lowest BCUT2D eigenvalue weighted by atomic mass is 10.1. The molecule has 90 valence electrons. The summed E-state index contributed by atoms with van der Waals surface area (Å²) in [6.45, 7) is 9.76. The largest absolute Gasteiger partial charge is 0.377 e. The lowest BCUT2D eigenvalue weighted by Crippen LogP contribution is -2.43. The van der Waals surface area contributed by atoms with Crippen LogP contribution in [0.1, 0.15) is 33.6 Å². The molecule has 1 N–H and O–H groups in total. The lowest BCUT2D eigenvalue weighted by Gasteiger charge is -2.32. The first-order chi connectivity index (χ1) is 7.16. The first-order valence-corrected chi connectivity index (χ1v) is 6.21. The molecule has 0 aromatic carbocycles. The highest BCUT2D eigenvalue weighted by Crippen LogP contribution is 2.20. The van der Waals surface area contributed by atoms with Gasteiger partial charge in [0.15, 0.2) is 0 Å². The average molecular weight is 214 g/mol. The van der Waals surface area contributed by atoms with Crippen LogP contribution >= 0.6 is 0 Å². The van der Waals surface area contributed by atoms with Gasteiger partial charge in [0.05, 0.1) is 6.10 Å². The number of likely N-dealkylation sites (N-methyl/N-ethyl adjacent to an activating group) is 1. The van der Waals surface area contributed by atoms with Crippen LogP contribution in [0.25, 0.3) is 0 Å². The third-order valence-electron chi connectivity index (χ3n) is 3.54. The Morgan fingerprint density at radius 1 is 1.53 bits per heavy atom. The second-order valence-corrected chi connectivity index (χ2v) is 4.59. The van der Waals surface area contributed by atoms with Gasteiger partial charge < -0.3 is 10.1 Å². The van der Waals surface area contributed by atoms with Crippen LogP contribution < -0.4 is 5.32 Å². The van der Waals surface area contributed by atoms with E-state index in [1.807, 2.05) is 0 Å². The Morgan fingerprint density at radius 3 is 2.80 bits per heavy atom. The molecule has 0 bridgehead atoms. The van der Waals surface area contributed by atoms with Crippen molar-refractivity contribution in [3.8, 4) is 0 Å². The normalized spacial score (nSPS) is 28.6. The molecule has 15 heavy (non-hydrogen) atoms. The molecule has 0 spiro atoms. The van der Waals surface area contributed by atoms with Crippen molar-refractivity contribution < 1.29 is 4.74 Å². The molecule has 0 aliphatic carbocycles. The van der Waals surface area contributed by atoms with E-state index in [9.17, 15) is 0 Å². The molecular formula is C12H26N2O. The van der Waals surface area contributed by atoms with E-state index in [0.717, 1.165) is 19.7 Å². The van der Waals surface area contributed by atoms with E-state index in [2.05, 4.69) is 38.0 Å². The van der Waals surface area contributed by atoms with Crippen LogP contribution in [-0.2, 0) is 4.74 Å².